The Labute approximate surface area is 90.5 Å². The van der Waals surface area contributed by atoms with Crippen molar-refractivity contribution in [3.05, 3.63) is 34.2 Å². The lowest BCUT2D eigenvalue weighted by molar-refractivity contribution is 0.618. The topological polar surface area (TPSA) is 26.0 Å². The molecule has 0 fully saturated rings. The Kier molecular flexibility index (Phi) is 2.71. The number of thiophene rings is 1. The van der Waals surface area contributed by atoms with Crippen molar-refractivity contribution >= 4 is 21.4 Å². The van der Waals surface area contributed by atoms with Gasteiger partial charge in [0.25, 0.3) is 0 Å². The van der Waals surface area contributed by atoms with E-state index in [0.29, 0.717) is 23.1 Å². The molecule has 0 atom stereocenters. The number of nitrogens with two attached hydrogens (primary N) is 1. The first-order valence-corrected chi connectivity index (χ1v) is 5.59. The van der Waals surface area contributed by atoms with E-state index >= 15 is 0 Å². The summed E-state index contributed by atoms with van der Waals surface area (Å²) in [4.78, 5) is 0.872. The Bertz CT molecular complexity index is 505. The Morgan fingerprint density at radius 1 is 1.27 bits per heavy atom. The molecule has 1 aromatic carbocycles. The van der Waals surface area contributed by atoms with Crippen LogP contribution in [0.1, 0.15) is 17.4 Å². The van der Waals surface area contributed by atoms with Gasteiger partial charge in [0.1, 0.15) is 11.6 Å². The molecular formula is C11H11F2NS. The third-order valence-corrected chi connectivity index (χ3v) is 3.72. The fraction of sp³-hybridized carbons (Fsp3) is 0.273. The number of fused-ring (bicyclic) bond motifs is 1. The SMILES string of the molecule is CCc1c(CN)sc2c(F)ccc(F)c12. The van der Waals surface area contributed by atoms with Crippen molar-refractivity contribution in [1.82, 2.24) is 0 Å². The van der Waals surface area contributed by atoms with E-state index in [1.165, 1.54) is 17.4 Å². The van der Waals surface area contributed by atoms with Crippen molar-refractivity contribution in [2.24, 2.45) is 5.73 Å². The smallest absolute Gasteiger partial charge is 0.141 e. The van der Waals surface area contributed by atoms with Crippen LogP contribution in [0.15, 0.2) is 12.1 Å². The highest BCUT2D eigenvalue weighted by atomic mass is 32.1. The van der Waals surface area contributed by atoms with Gasteiger partial charge in [0, 0.05) is 16.8 Å². The van der Waals surface area contributed by atoms with Gasteiger partial charge in [0.05, 0.1) is 4.70 Å². The van der Waals surface area contributed by atoms with Crippen molar-refractivity contribution < 1.29 is 8.78 Å². The van der Waals surface area contributed by atoms with E-state index < -0.39 is 0 Å². The summed E-state index contributed by atoms with van der Waals surface area (Å²) in [6.07, 6.45) is 0.674. The molecule has 0 saturated carbocycles. The van der Waals surface area contributed by atoms with Crippen molar-refractivity contribution in [1.29, 1.82) is 0 Å². The summed E-state index contributed by atoms with van der Waals surface area (Å²) in [5.74, 6) is -0.731. The summed E-state index contributed by atoms with van der Waals surface area (Å²) in [5, 5.41) is 0.406. The lowest BCUT2D eigenvalue weighted by Crippen LogP contribution is -1.96. The summed E-state index contributed by atoms with van der Waals surface area (Å²) in [5.41, 5.74) is 6.40. The minimum atomic E-state index is -0.370. The molecule has 0 amide bonds. The van der Waals surface area contributed by atoms with E-state index in [9.17, 15) is 8.78 Å². The van der Waals surface area contributed by atoms with Gasteiger partial charge in [-0.15, -0.1) is 11.3 Å². The summed E-state index contributed by atoms with van der Waals surface area (Å²) >= 11 is 1.25. The summed E-state index contributed by atoms with van der Waals surface area (Å²) < 4.78 is 27.4. The Morgan fingerprint density at radius 3 is 2.53 bits per heavy atom. The van der Waals surface area contributed by atoms with Crippen LogP contribution in [0, 0.1) is 11.6 Å². The molecule has 15 heavy (non-hydrogen) atoms. The number of halogens is 2. The van der Waals surface area contributed by atoms with E-state index in [1.54, 1.807) is 0 Å². The van der Waals surface area contributed by atoms with Gasteiger partial charge < -0.3 is 5.73 Å². The van der Waals surface area contributed by atoms with E-state index in [-0.39, 0.29) is 11.6 Å². The zero-order chi connectivity index (χ0) is 11.0. The predicted molar refractivity (Wildman–Crippen MR) is 59.0 cm³/mol. The molecule has 0 unspecified atom stereocenters. The molecule has 2 rings (SSSR count). The molecule has 0 radical (unpaired) electrons. The highest BCUT2D eigenvalue weighted by Gasteiger charge is 2.16. The van der Waals surface area contributed by atoms with E-state index in [4.69, 9.17) is 5.73 Å². The second kappa shape index (κ2) is 3.87. The first-order chi connectivity index (χ1) is 7.19. The lowest BCUT2D eigenvalue weighted by atomic mass is 10.1. The van der Waals surface area contributed by atoms with Gasteiger partial charge in [-0.1, -0.05) is 6.92 Å². The van der Waals surface area contributed by atoms with E-state index in [1.807, 2.05) is 6.92 Å². The first-order valence-electron chi connectivity index (χ1n) is 4.77. The molecule has 2 N–H and O–H groups in total. The van der Waals surface area contributed by atoms with Gasteiger partial charge in [-0.2, -0.15) is 0 Å². The number of rotatable bonds is 2. The fourth-order valence-corrected chi connectivity index (χ4v) is 2.96. The first kappa shape index (κ1) is 10.5. The fourth-order valence-electron chi connectivity index (χ4n) is 1.78. The molecule has 0 spiro atoms. The van der Waals surface area contributed by atoms with Gasteiger partial charge in [-0.25, -0.2) is 8.78 Å². The lowest BCUT2D eigenvalue weighted by Gasteiger charge is -1.99. The van der Waals surface area contributed by atoms with Crippen molar-refractivity contribution in [3.63, 3.8) is 0 Å². The van der Waals surface area contributed by atoms with E-state index in [0.717, 1.165) is 16.5 Å². The van der Waals surface area contributed by atoms with Crippen LogP contribution in [-0.4, -0.2) is 0 Å². The largest absolute Gasteiger partial charge is 0.326 e. The Hall–Kier alpha value is -1.00. The standard InChI is InChI=1S/C11H11F2NS/c1-2-6-9(5-14)15-11-8(13)4-3-7(12)10(6)11/h3-4H,2,5,14H2,1H3. The highest BCUT2D eigenvalue weighted by molar-refractivity contribution is 7.19. The number of hydrogen-bond donors (Lipinski definition) is 1. The molecule has 0 aliphatic carbocycles. The van der Waals surface area contributed by atoms with Crippen LogP contribution in [0.25, 0.3) is 10.1 Å². The second-order valence-corrected chi connectivity index (χ2v) is 4.40. The average molecular weight is 227 g/mol. The third-order valence-electron chi connectivity index (χ3n) is 2.46. The summed E-state index contributed by atoms with van der Waals surface area (Å²) in [6, 6.07) is 2.33. The van der Waals surface area contributed by atoms with Gasteiger partial charge in [-0.05, 0) is 24.1 Å². The highest BCUT2D eigenvalue weighted by Crippen LogP contribution is 2.35. The van der Waals surface area contributed by atoms with Gasteiger partial charge in [0.15, 0.2) is 0 Å². The van der Waals surface area contributed by atoms with Crippen LogP contribution >= 0.6 is 11.3 Å². The molecule has 0 aliphatic rings. The normalized spacial score (nSPS) is 11.2. The zero-order valence-electron chi connectivity index (χ0n) is 8.31. The molecular weight excluding hydrogens is 216 g/mol. The maximum absolute atomic E-state index is 13.6. The molecule has 4 heteroatoms. The molecule has 0 saturated heterocycles. The van der Waals surface area contributed by atoms with Crippen molar-refractivity contribution in [2.75, 3.05) is 0 Å². The maximum atomic E-state index is 13.6. The molecule has 80 valence electrons. The van der Waals surface area contributed by atoms with Gasteiger partial charge >= 0.3 is 0 Å². The van der Waals surface area contributed by atoms with E-state index in [2.05, 4.69) is 0 Å². The van der Waals surface area contributed by atoms with Crippen molar-refractivity contribution in [2.45, 2.75) is 19.9 Å². The number of benzene rings is 1. The maximum Gasteiger partial charge on any atom is 0.141 e. The van der Waals surface area contributed by atoms with Crippen LogP contribution in [-0.2, 0) is 13.0 Å². The average Bonchev–Trinajstić information content (AvgIpc) is 2.63. The van der Waals surface area contributed by atoms with Crippen LogP contribution < -0.4 is 5.73 Å². The predicted octanol–water partition coefficient (Wildman–Crippen LogP) is 3.20. The van der Waals surface area contributed by atoms with Gasteiger partial charge in [0.2, 0.25) is 0 Å². The molecule has 0 aliphatic heterocycles. The zero-order valence-corrected chi connectivity index (χ0v) is 9.13. The van der Waals surface area contributed by atoms with Crippen LogP contribution in [0.5, 0.6) is 0 Å². The monoisotopic (exact) mass is 227 g/mol. The number of aryl methyl sites for hydroxylation is 1. The van der Waals surface area contributed by atoms with Crippen LogP contribution in [0.2, 0.25) is 0 Å². The van der Waals surface area contributed by atoms with Crippen molar-refractivity contribution in [3.8, 4) is 0 Å². The van der Waals surface area contributed by atoms with Crippen LogP contribution in [0.3, 0.4) is 0 Å². The Morgan fingerprint density at radius 2 is 1.93 bits per heavy atom. The molecule has 0 bridgehead atoms. The molecule has 2 aromatic rings. The number of hydrogen-bond acceptors (Lipinski definition) is 2. The minimum absolute atomic E-state index is 0.335. The van der Waals surface area contributed by atoms with Crippen LogP contribution in [0.4, 0.5) is 8.78 Å². The summed E-state index contributed by atoms with van der Waals surface area (Å²) in [6.45, 7) is 2.26. The Balaban J connectivity index is 2.87. The minimum Gasteiger partial charge on any atom is -0.326 e. The second-order valence-electron chi connectivity index (χ2n) is 3.29. The summed E-state index contributed by atoms with van der Waals surface area (Å²) in [7, 11) is 0. The quantitative estimate of drug-likeness (QED) is 0.837. The van der Waals surface area contributed by atoms with Gasteiger partial charge in [-0.3, -0.25) is 0 Å². The molecule has 1 heterocycles. The molecule has 1 nitrogen and oxygen atoms in total. The molecule has 1 aromatic heterocycles. The third kappa shape index (κ3) is 1.54.